The molecule has 1 heterocycles. The largest absolute Gasteiger partial charge is 0.386 e. The Morgan fingerprint density at radius 2 is 1.41 bits per heavy atom. The van der Waals surface area contributed by atoms with Crippen LogP contribution < -0.4 is 0 Å². The Hall–Kier alpha value is -2.19. The molecule has 27 heavy (non-hydrogen) atoms. The third-order valence-electron chi connectivity index (χ3n) is 5.84. The predicted octanol–water partition coefficient (Wildman–Crippen LogP) is 5.51. The zero-order valence-corrected chi connectivity index (χ0v) is 16.8. The number of aromatic nitrogens is 1. The number of aliphatic hydroxyl groups excluding tert-OH is 1. The highest BCUT2D eigenvalue weighted by Gasteiger charge is 2.26. The molecule has 0 unspecified atom stereocenters. The van der Waals surface area contributed by atoms with E-state index in [1.807, 2.05) is 0 Å². The number of benzene rings is 2. The quantitative estimate of drug-likeness (QED) is 0.622. The highest BCUT2D eigenvalue weighted by molar-refractivity contribution is 5.88. The van der Waals surface area contributed by atoms with E-state index in [1.165, 1.54) is 33.2 Å². The Kier molecular flexibility index (Phi) is 4.55. The summed E-state index contributed by atoms with van der Waals surface area (Å²) in [5.41, 5.74) is 8.28. The zero-order valence-electron chi connectivity index (χ0n) is 16.8. The monoisotopic (exact) mass is 359 g/mol. The number of hydrogen-bond donors (Lipinski definition) is 1. The molecule has 2 aromatic carbocycles. The number of aryl methyl sites for hydroxylation is 5. The second-order valence-electron chi connectivity index (χ2n) is 9.06. The van der Waals surface area contributed by atoms with Gasteiger partial charge in [-0.1, -0.05) is 57.2 Å². The molecule has 0 saturated heterocycles. The summed E-state index contributed by atoms with van der Waals surface area (Å²) in [6.45, 7) is 8.35. The van der Waals surface area contributed by atoms with E-state index in [-0.39, 0.29) is 5.41 Å². The van der Waals surface area contributed by atoms with E-state index in [9.17, 15) is 5.11 Å². The van der Waals surface area contributed by atoms with Crippen LogP contribution >= 0.6 is 0 Å². The van der Waals surface area contributed by atoms with Crippen LogP contribution in [-0.4, -0.2) is 10.1 Å². The Bertz CT molecular complexity index is 980. The summed E-state index contributed by atoms with van der Waals surface area (Å²) in [7, 11) is 0. The van der Waals surface area contributed by atoms with Crippen molar-refractivity contribution in [2.24, 2.45) is 5.41 Å². The van der Waals surface area contributed by atoms with Gasteiger partial charge in [0.05, 0.1) is 11.2 Å². The molecule has 0 spiro atoms. The van der Waals surface area contributed by atoms with Crippen LogP contribution in [-0.2, 0) is 25.7 Å². The lowest BCUT2D eigenvalue weighted by Crippen LogP contribution is -2.19. The zero-order chi connectivity index (χ0) is 19.2. The first-order valence-corrected chi connectivity index (χ1v) is 10.0. The van der Waals surface area contributed by atoms with Gasteiger partial charge in [0.25, 0.3) is 0 Å². The molecule has 0 radical (unpaired) electrons. The molecule has 140 valence electrons. The van der Waals surface area contributed by atoms with Crippen molar-refractivity contribution in [1.82, 2.24) is 4.98 Å². The van der Waals surface area contributed by atoms with Gasteiger partial charge in [0, 0.05) is 5.39 Å². The van der Waals surface area contributed by atoms with Gasteiger partial charge in [0.1, 0.15) is 6.10 Å². The molecule has 7 rings (SSSR count). The van der Waals surface area contributed by atoms with E-state index in [0.29, 0.717) is 0 Å². The Morgan fingerprint density at radius 3 is 2.00 bits per heavy atom. The fourth-order valence-electron chi connectivity index (χ4n) is 4.12. The predicted molar refractivity (Wildman–Crippen MR) is 112 cm³/mol. The standard InChI is InChI=1S/C25H29NO/c1-16-15-21(24(27)25(2,3)4)26-23-20-12-10-18-7-5-17(6-8-18)9-11-19(13-14-20)22(16)23/h5-8,13-15,24,27H,9-12H2,1-4H3/t24-/m1/s1. The summed E-state index contributed by atoms with van der Waals surface area (Å²) < 4.78 is 0. The maximum absolute atomic E-state index is 10.8. The fourth-order valence-corrected chi connectivity index (χ4v) is 4.12. The average molecular weight is 360 g/mol. The summed E-state index contributed by atoms with van der Waals surface area (Å²) in [5, 5.41) is 12.1. The van der Waals surface area contributed by atoms with Gasteiger partial charge in [-0.15, -0.1) is 0 Å². The van der Waals surface area contributed by atoms with Crippen LogP contribution in [0.25, 0.3) is 10.9 Å². The first-order valence-electron chi connectivity index (χ1n) is 10.0. The molecular formula is C25H29NO. The van der Waals surface area contributed by atoms with Gasteiger partial charge >= 0.3 is 0 Å². The van der Waals surface area contributed by atoms with Gasteiger partial charge in [-0.25, -0.2) is 4.98 Å². The Balaban J connectivity index is 1.89. The van der Waals surface area contributed by atoms with Crippen molar-refractivity contribution in [2.45, 2.75) is 59.5 Å². The Labute approximate surface area is 162 Å². The van der Waals surface area contributed by atoms with E-state index in [0.717, 1.165) is 36.9 Å². The third-order valence-corrected chi connectivity index (χ3v) is 5.84. The maximum Gasteiger partial charge on any atom is 0.101 e. The third kappa shape index (κ3) is 3.51. The van der Waals surface area contributed by atoms with Gasteiger partial charge in [-0.3, -0.25) is 0 Å². The minimum Gasteiger partial charge on any atom is -0.386 e. The maximum atomic E-state index is 10.8. The van der Waals surface area contributed by atoms with Crippen LogP contribution in [0.15, 0.2) is 42.5 Å². The van der Waals surface area contributed by atoms with Gasteiger partial charge in [0.15, 0.2) is 0 Å². The van der Waals surface area contributed by atoms with Crippen molar-refractivity contribution in [3.8, 4) is 0 Å². The first kappa shape index (κ1) is 18.2. The summed E-state index contributed by atoms with van der Waals surface area (Å²) in [5.74, 6) is 0. The molecule has 0 saturated carbocycles. The van der Waals surface area contributed by atoms with E-state index >= 15 is 0 Å². The van der Waals surface area contributed by atoms with Crippen LogP contribution in [0.1, 0.15) is 60.4 Å². The SMILES string of the molecule is Cc1cc([C@@H](O)C(C)(C)C)nc2c3ccc(c12)CCc1ccc(cc1)CC3. The lowest BCUT2D eigenvalue weighted by Gasteiger charge is -2.26. The smallest absolute Gasteiger partial charge is 0.101 e. The minimum atomic E-state index is -0.567. The molecule has 0 aliphatic heterocycles. The number of rotatable bonds is 1. The summed E-state index contributed by atoms with van der Waals surface area (Å²) in [6.07, 6.45) is 3.47. The van der Waals surface area contributed by atoms with Gasteiger partial charge in [-0.2, -0.15) is 0 Å². The topological polar surface area (TPSA) is 33.1 Å². The fraction of sp³-hybridized carbons (Fsp3) is 0.400. The lowest BCUT2D eigenvalue weighted by molar-refractivity contribution is 0.0591. The molecule has 4 bridgehead atoms. The molecule has 3 aromatic rings. The molecule has 4 aliphatic rings. The van der Waals surface area contributed by atoms with Crippen molar-refractivity contribution in [2.75, 3.05) is 0 Å². The number of aliphatic hydroxyl groups is 1. The van der Waals surface area contributed by atoms with Crippen molar-refractivity contribution in [3.05, 3.63) is 76.0 Å². The van der Waals surface area contributed by atoms with E-state index < -0.39 is 6.10 Å². The molecule has 1 N–H and O–H groups in total. The number of hydrogen-bond acceptors (Lipinski definition) is 2. The number of pyridine rings is 1. The van der Waals surface area contributed by atoms with Crippen molar-refractivity contribution in [3.63, 3.8) is 0 Å². The van der Waals surface area contributed by atoms with Gasteiger partial charge < -0.3 is 5.11 Å². The van der Waals surface area contributed by atoms with Crippen molar-refractivity contribution >= 4 is 10.9 Å². The first-order chi connectivity index (χ1) is 12.8. The molecular weight excluding hydrogens is 330 g/mol. The van der Waals surface area contributed by atoms with E-state index in [4.69, 9.17) is 4.98 Å². The second-order valence-corrected chi connectivity index (χ2v) is 9.06. The van der Waals surface area contributed by atoms with Crippen LogP contribution in [0.2, 0.25) is 0 Å². The highest BCUT2D eigenvalue weighted by atomic mass is 16.3. The molecule has 1 aromatic heterocycles. The molecule has 0 amide bonds. The summed E-state index contributed by atoms with van der Waals surface area (Å²) in [4.78, 5) is 5.00. The van der Waals surface area contributed by atoms with Gasteiger partial charge in [0.2, 0.25) is 0 Å². The van der Waals surface area contributed by atoms with E-state index in [2.05, 4.69) is 70.2 Å². The Morgan fingerprint density at radius 1 is 0.852 bits per heavy atom. The van der Waals surface area contributed by atoms with Crippen LogP contribution in [0, 0.1) is 12.3 Å². The lowest BCUT2D eigenvalue weighted by atomic mass is 9.85. The van der Waals surface area contributed by atoms with Crippen molar-refractivity contribution in [1.29, 1.82) is 0 Å². The highest BCUT2D eigenvalue weighted by Crippen LogP contribution is 2.35. The average Bonchev–Trinajstić information content (AvgIpc) is 2.62. The normalized spacial score (nSPS) is 15.6. The number of nitrogens with zero attached hydrogens (tertiary/aromatic N) is 1. The van der Waals surface area contributed by atoms with Crippen LogP contribution in [0.5, 0.6) is 0 Å². The van der Waals surface area contributed by atoms with Crippen LogP contribution in [0.4, 0.5) is 0 Å². The summed E-state index contributed by atoms with van der Waals surface area (Å²) in [6, 6.07) is 15.7. The minimum absolute atomic E-state index is 0.229. The van der Waals surface area contributed by atoms with Crippen LogP contribution in [0.3, 0.4) is 0 Å². The second kappa shape index (κ2) is 6.76. The molecule has 1 atom stereocenters. The van der Waals surface area contributed by atoms with Gasteiger partial charge in [-0.05, 0) is 71.9 Å². The van der Waals surface area contributed by atoms with Crippen molar-refractivity contribution < 1.29 is 5.11 Å². The molecule has 4 aliphatic carbocycles. The van der Waals surface area contributed by atoms with E-state index in [1.54, 1.807) is 0 Å². The molecule has 2 heteroatoms. The summed E-state index contributed by atoms with van der Waals surface area (Å²) >= 11 is 0. The molecule has 2 nitrogen and oxygen atoms in total. The molecule has 0 fully saturated rings.